The Morgan fingerprint density at radius 1 is 1.42 bits per heavy atom. The van der Waals surface area contributed by atoms with Gasteiger partial charge >= 0.3 is 6.03 Å². The lowest BCUT2D eigenvalue weighted by atomic mass is 10.0. The van der Waals surface area contributed by atoms with Gasteiger partial charge in [-0.25, -0.2) is 9.18 Å². The molecule has 0 unspecified atom stereocenters. The van der Waals surface area contributed by atoms with Crippen LogP contribution in [0.15, 0.2) is 18.3 Å². The van der Waals surface area contributed by atoms with E-state index in [1.165, 1.54) is 6.07 Å². The number of nitrogens with zero attached hydrogens (tertiary/aromatic N) is 2. The molecular weight excluding hydrogens is 335 g/mol. The van der Waals surface area contributed by atoms with Gasteiger partial charge in [0.05, 0.1) is 6.04 Å². The lowest BCUT2D eigenvalue weighted by molar-refractivity contribution is -0.130. The molecule has 1 fully saturated rings. The van der Waals surface area contributed by atoms with Crippen LogP contribution in [0.3, 0.4) is 0 Å². The van der Waals surface area contributed by atoms with Crippen molar-refractivity contribution in [3.63, 3.8) is 0 Å². The first-order chi connectivity index (χ1) is 12.4. The van der Waals surface area contributed by atoms with Gasteiger partial charge in [0, 0.05) is 56.3 Å². The largest absolute Gasteiger partial charge is 0.361 e. The molecule has 6 nitrogen and oxygen atoms in total. The normalized spacial score (nSPS) is 17.4. The number of amides is 3. The lowest BCUT2D eigenvalue weighted by Gasteiger charge is -2.37. The zero-order valence-electron chi connectivity index (χ0n) is 15.4. The molecule has 1 aliphatic heterocycles. The summed E-state index contributed by atoms with van der Waals surface area (Å²) < 4.78 is 14.3. The Hall–Kier alpha value is -2.57. The van der Waals surface area contributed by atoms with Gasteiger partial charge in [-0.2, -0.15) is 0 Å². The molecule has 26 heavy (non-hydrogen) atoms. The van der Waals surface area contributed by atoms with Crippen LogP contribution < -0.4 is 5.32 Å². The molecular formula is C19H25FN4O2. The number of hydrogen-bond donors (Lipinski definition) is 2. The van der Waals surface area contributed by atoms with E-state index in [2.05, 4.69) is 10.3 Å². The first-order valence-corrected chi connectivity index (χ1v) is 8.89. The van der Waals surface area contributed by atoms with Crippen LogP contribution in [0, 0.1) is 12.7 Å². The van der Waals surface area contributed by atoms with Crippen LogP contribution in [0.25, 0.3) is 10.9 Å². The van der Waals surface area contributed by atoms with E-state index in [0.29, 0.717) is 12.1 Å². The fourth-order valence-corrected chi connectivity index (χ4v) is 3.48. The van der Waals surface area contributed by atoms with Gasteiger partial charge in [-0.05, 0) is 37.5 Å². The number of urea groups is 1. The van der Waals surface area contributed by atoms with E-state index in [4.69, 9.17) is 0 Å². The van der Waals surface area contributed by atoms with Crippen LogP contribution in [0.4, 0.5) is 9.18 Å². The number of aromatic amines is 1. The maximum atomic E-state index is 14.3. The Kier molecular flexibility index (Phi) is 5.15. The standard InChI is InChI=1S/C19H25FN4O2/c1-12-9-21-18-7-14(17(20)8-16(12)18)10-22-19(26)23(3)15-5-4-6-24(11-15)13(2)25/h7-9,15,21H,4-6,10-11H2,1-3H3,(H,22,26)/t15-/m1/s1. The first kappa shape index (κ1) is 18.2. The van der Waals surface area contributed by atoms with Gasteiger partial charge < -0.3 is 20.1 Å². The van der Waals surface area contributed by atoms with Gasteiger partial charge in [0.25, 0.3) is 0 Å². The number of aryl methyl sites for hydroxylation is 1. The Morgan fingerprint density at radius 3 is 2.92 bits per heavy atom. The molecule has 1 aromatic carbocycles. The molecule has 0 aliphatic carbocycles. The van der Waals surface area contributed by atoms with E-state index in [0.717, 1.165) is 35.9 Å². The highest BCUT2D eigenvalue weighted by Crippen LogP contribution is 2.22. The predicted octanol–water partition coefficient (Wildman–Crippen LogP) is 2.77. The molecule has 0 spiro atoms. The number of benzene rings is 1. The van der Waals surface area contributed by atoms with Crippen molar-refractivity contribution in [1.82, 2.24) is 20.1 Å². The zero-order chi connectivity index (χ0) is 18.8. The zero-order valence-corrected chi connectivity index (χ0v) is 15.4. The minimum atomic E-state index is -0.330. The average Bonchev–Trinajstić information content (AvgIpc) is 2.99. The van der Waals surface area contributed by atoms with E-state index < -0.39 is 0 Å². The highest BCUT2D eigenvalue weighted by molar-refractivity contribution is 5.84. The first-order valence-electron chi connectivity index (χ1n) is 8.89. The molecule has 3 rings (SSSR count). The molecule has 2 aromatic rings. The second-order valence-electron chi connectivity index (χ2n) is 6.99. The number of piperidine rings is 1. The average molecular weight is 360 g/mol. The summed E-state index contributed by atoms with van der Waals surface area (Å²) in [5, 5.41) is 3.63. The molecule has 140 valence electrons. The van der Waals surface area contributed by atoms with Crippen LogP contribution >= 0.6 is 0 Å². The highest BCUT2D eigenvalue weighted by atomic mass is 19.1. The van der Waals surface area contributed by atoms with Crippen LogP contribution in [0.5, 0.6) is 0 Å². The summed E-state index contributed by atoms with van der Waals surface area (Å²) in [5.41, 5.74) is 2.28. The van der Waals surface area contributed by atoms with Crippen molar-refractivity contribution in [3.8, 4) is 0 Å². The summed E-state index contributed by atoms with van der Waals surface area (Å²) in [7, 11) is 1.72. The number of aromatic nitrogens is 1. The maximum Gasteiger partial charge on any atom is 0.317 e. The van der Waals surface area contributed by atoms with E-state index in [1.807, 2.05) is 13.1 Å². The Labute approximate surface area is 152 Å². The van der Waals surface area contributed by atoms with Crippen molar-refractivity contribution < 1.29 is 14.0 Å². The van der Waals surface area contributed by atoms with E-state index in [1.54, 1.807) is 29.8 Å². The van der Waals surface area contributed by atoms with Crippen molar-refractivity contribution in [2.45, 2.75) is 39.3 Å². The smallest absolute Gasteiger partial charge is 0.317 e. The molecule has 0 saturated carbocycles. The second-order valence-corrected chi connectivity index (χ2v) is 6.99. The topological polar surface area (TPSA) is 68.4 Å². The second kappa shape index (κ2) is 7.35. The summed E-state index contributed by atoms with van der Waals surface area (Å²) >= 11 is 0. The molecule has 7 heteroatoms. The van der Waals surface area contributed by atoms with Gasteiger partial charge in [-0.3, -0.25) is 4.79 Å². The van der Waals surface area contributed by atoms with E-state index in [9.17, 15) is 14.0 Å². The minimum Gasteiger partial charge on any atom is -0.361 e. The Balaban J connectivity index is 1.63. The third-order valence-electron chi connectivity index (χ3n) is 5.20. The maximum absolute atomic E-state index is 14.3. The van der Waals surface area contributed by atoms with Crippen molar-refractivity contribution in [2.75, 3.05) is 20.1 Å². The summed E-state index contributed by atoms with van der Waals surface area (Å²) in [6.07, 6.45) is 3.57. The van der Waals surface area contributed by atoms with E-state index >= 15 is 0 Å². The Morgan fingerprint density at radius 2 is 2.19 bits per heavy atom. The fraction of sp³-hybridized carbons (Fsp3) is 0.474. The number of halogens is 1. The lowest BCUT2D eigenvalue weighted by Crippen LogP contribution is -2.52. The predicted molar refractivity (Wildman–Crippen MR) is 98.3 cm³/mol. The van der Waals surface area contributed by atoms with Crippen molar-refractivity contribution in [2.24, 2.45) is 0 Å². The summed E-state index contributed by atoms with van der Waals surface area (Å²) in [5.74, 6) is -0.302. The summed E-state index contributed by atoms with van der Waals surface area (Å²) in [6.45, 7) is 4.86. The number of likely N-dealkylation sites (N-methyl/N-ethyl adjacent to an activating group) is 1. The van der Waals surface area contributed by atoms with Crippen LogP contribution in [-0.4, -0.2) is 52.9 Å². The monoisotopic (exact) mass is 360 g/mol. The number of rotatable bonds is 3. The Bertz CT molecular complexity index is 832. The number of nitrogens with one attached hydrogen (secondary N) is 2. The number of carbonyl (C=O) groups excluding carboxylic acids is 2. The van der Waals surface area contributed by atoms with Crippen LogP contribution in [-0.2, 0) is 11.3 Å². The molecule has 0 radical (unpaired) electrons. The quantitative estimate of drug-likeness (QED) is 0.884. The van der Waals surface area contributed by atoms with E-state index in [-0.39, 0.29) is 30.3 Å². The molecule has 1 aromatic heterocycles. The number of likely N-dealkylation sites (tertiary alicyclic amines) is 1. The van der Waals surface area contributed by atoms with Gasteiger partial charge in [0.2, 0.25) is 5.91 Å². The van der Waals surface area contributed by atoms with Gasteiger partial charge in [0.15, 0.2) is 0 Å². The van der Waals surface area contributed by atoms with Crippen molar-refractivity contribution >= 4 is 22.8 Å². The van der Waals surface area contributed by atoms with Crippen molar-refractivity contribution in [1.29, 1.82) is 0 Å². The van der Waals surface area contributed by atoms with Gasteiger partial charge in [-0.15, -0.1) is 0 Å². The van der Waals surface area contributed by atoms with Crippen LogP contribution in [0.1, 0.15) is 30.9 Å². The highest BCUT2D eigenvalue weighted by Gasteiger charge is 2.27. The molecule has 2 heterocycles. The number of fused-ring (bicyclic) bond motifs is 1. The molecule has 1 aliphatic rings. The van der Waals surface area contributed by atoms with Crippen molar-refractivity contribution in [3.05, 3.63) is 35.3 Å². The SMILES string of the molecule is CC(=O)N1CCC[C@@H](N(C)C(=O)NCc2cc3[nH]cc(C)c3cc2F)C1. The molecule has 2 N–H and O–H groups in total. The third-order valence-corrected chi connectivity index (χ3v) is 5.20. The van der Waals surface area contributed by atoms with Crippen LogP contribution in [0.2, 0.25) is 0 Å². The third kappa shape index (κ3) is 3.66. The summed E-state index contributed by atoms with van der Waals surface area (Å²) in [4.78, 5) is 30.5. The molecule has 1 saturated heterocycles. The molecule has 3 amide bonds. The van der Waals surface area contributed by atoms with Gasteiger partial charge in [-0.1, -0.05) is 0 Å². The fourth-order valence-electron chi connectivity index (χ4n) is 3.48. The number of hydrogen-bond acceptors (Lipinski definition) is 2. The number of H-pyrrole nitrogens is 1. The summed E-state index contributed by atoms with van der Waals surface area (Å²) in [6, 6.07) is 2.95. The number of carbonyl (C=O) groups is 2. The molecule has 1 atom stereocenters. The van der Waals surface area contributed by atoms with Gasteiger partial charge in [0.1, 0.15) is 5.82 Å². The minimum absolute atomic E-state index is 0.0222. The molecule has 0 bridgehead atoms.